The van der Waals surface area contributed by atoms with Gasteiger partial charge in [-0.1, -0.05) is 46.8 Å². The van der Waals surface area contributed by atoms with Gasteiger partial charge in [-0.25, -0.2) is 8.42 Å². The molecule has 2 N–H and O–H groups in total. The molecule has 8 nitrogen and oxygen atoms in total. The molecule has 2 rings (SSSR count). The van der Waals surface area contributed by atoms with Crippen LogP contribution in [0.5, 0.6) is 5.75 Å². The lowest BCUT2D eigenvalue weighted by atomic mass is 9.87. The SMILES string of the molecule is CCN(CC)S(=O)(=O)c1ccc(OC)c(NC(=O)CCNC(=O)c2ccc(C(C)(C)C)cc2)c1. The third-order valence-corrected chi connectivity index (χ3v) is 7.48. The fraction of sp³-hybridized carbons (Fsp3) is 0.440. The van der Waals surface area contributed by atoms with Crippen LogP contribution in [0.25, 0.3) is 0 Å². The molecular formula is C25H35N3O5S. The highest BCUT2D eigenvalue weighted by molar-refractivity contribution is 7.89. The zero-order valence-corrected chi connectivity index (χ0v) is 21.6. The van der Waals surface area contributed by atoms with Crippen LogP contribution in [0.1, 0.15) is 57.0 Å². The van der Waals surface area contributed by atoms with E-state index in [4.69, 9.17) is 4.74 Å². The number of benzene rings is 2. The van der Waals surface area contributed by atoms with Crippen molar-refractivity contribution in [3.05, 3.63) is 53.6 Å². The van der Waals surface area contributed by atoms with Gasteiger partial charge in [0.05, 0.1) is 17.7 Å². The van der Waals surface area contributed by atoms with Gasteiger partial charge in [0.15, 0.2) is 0 Å². The second kappa shape index (κ2) is 11.5. The van der Waals surface area contributed by atoms with Crippen LogP contribution < -0.4 is 15.4 Å². The molecule has 0 spiro atoms. The monoisotopic (exact) mass is 489 g/mol. The molecule has 2 aromatic carbocycles. The van der Waals surface area contributed by atoms with Gasteiger partial charge in [-0.2, -0.15) is 4.31 Å². The van der Waals surface area contributed by atoms with Crippen LogP contribution in [0.3, 0.4) is 0 Å². The number of ether oxygens (including phenoxy) is 1. The quantitative estimate of drug-likeness (QED) is 0.528. The highest BCUT2D eigenvalue weighted by atomic mass is 32.2. The van der Waals surface area contributed by atoms with Gasteiger partial charge in [0, 0.05) is 31.6 Å². The fourth-order valence-electron chi connectivity index (χ4n) is 3.38. The zero-order chi connectivity index (χ0) is 25.5. The topological polar surface area (TPSA) is 105 Å². The van der Waals surface area contributed by atoms with Crippen LogP contribution in [0.4, 0.5) is 5.69 Å². The van der Waals surface area contributed by atoms with E-state index in [1.165, 1.54) is 29.6 Å². The average Bonchev–Trinajstić information content (AvgIpc) is 2.79. The number of amides is 2. The molecule has 0 bridgehead atoms. The number of sulfonamides is 1. The van der Waals surface area contributed by atoms with Crippen molar-refractivity contribution in [2.24, 2.45) is 0 Å². The number of carbonyl (C=O) groups excluding carboxylic acids is 2. The second-order valence-corrected chi connectivity index (χ2v) is 10.8. The highest BCUT2D eigenvalue weighted by Gasteiger charge is 2.23. The van der Waals surface area contributed by atoms with Crippen molar-refractivity contribution in [3.8, 4) is 5.75 Å². The summed E-state index contributed by atoms with van der Waals surface area (Å²) >= 11 is 0. The summed E-state index contributed by atoms with van der Waals surface area (Å²) in [6.07, 6.45) is 0.0159. The zero-order valence-electron chi connectivity index (χ0n) is 20.8. The molecule has 2 aromatic rings. The summed E-state index contributed by atoms with van der Waals surface area (Å²) in [5.41, 5.74) is 1.90. The van der Waals surface area contributed by atoms with Crippen LogP contribution in [-0.4, -0.2) is 51.3 Å². The number of anilines is 1. The fourth-order valence-corrected chi connectivity index (χ4v) is 4.87. The lowest BCUT2D eigenvalue weighted by Crippen LogP contribution is -2.30. The molecule has 0 fully saturated rings. The van der Waals surface area contributed by atoms with Gasteiger partial charge in [0.1, 0.15) is 5.75 Å². The Morgan fingerprint density at radius 3 is 2.15 bits per heavy atom. The summed E-state index contributed by atoms with van der Waals surface area (Å²) in [5, 5.41) is 5.42. The molecule has 0 heterocycles. The predicted molar refractivity (Wildman–Crippen MR) is 134 cm³/mol. The number of carbonyl (C=O) groups is 2. The van der Waals surface area contributed by atoms with E-state index in [0.29, 0.717) is 24.4 Å². The third kappa shape index (κ3) is 6.80. The molecule has 0 unspecified atom stereocenters. The van der Waals surface area contributed by atoms with Crippen LogP contribution in [0.15, 0.2) is 47.4 Å². The van der Waals surface area contributed by atoms with Crippen molar-refractivity contribution in [1.29, 1.82) is 0 Å². The van der Waals surface area contributed by atoms with Crippen molar-refractivity contribution in [2.75, 3.05) is 32.1 Å². The van der Waals surface area contributed by atoms with E-state index in [0.717, 1.165) is 5.56 Å². The lowest BCUT2D eigenvalue weighted by molar-refractivity contribution is -0.116. The maximum atomic E-state index is 12.8. The molecule has 0 radical (unpaired) electrons. The number of nitrogens with one attached hydrogen (secondary N) is 2. The average molecular weight is 490 g/mol. The van der Waals surface area contributed by atoms with Gasteiger partial charge in [0.2, 0.25) is 15.9 Å². The van der Waals surface area contributed by atoms with Crippen LogP contribution >= 0.6 is 0 Å². The van der Waals surface area contributed by atoms with E-state index in [1.54, 1.807) is 26.0 Å². The smallest absolute Gasteiger partial charge is 0.251 e. The number of rotatable bonds is 10. The number of methoxy groups -OCH3 is 1. The molecular weight excluding hydrogens is 454 g/mol. The Morgan fingerprint density at radius 1 is 1.00 bits per heavy atom. The van der Waals surface area contributed by atoms with Gasteiger partial charge in [-0.15, -0.1) is 0 Å². The molecule has 0 atom stereocenters. The van der Waals surface area contributed by atoms with Gasteiger partial charge in [-0.05, 0) is 41.3 Å². The largest absolute Gasteiger partial charge is 0.495 e. The minimum atomic E-state index is -3.69. The van der Waals surface area contributed by atoms with Gasteiger partial charge in [-0.3, -0.25) is 9.59 Å². The van der Waals surface area contributed by atoms with Gasteiger partial charge in [0.25, 0.3) is 5.91 Å². The molecule has 0 saturated heterocycles. The minimum Gasteiger partial charge on any atom is -0.495 e. The molecule has 0 aliphatic heterocycles. The Kier molecular flexibility index (Phi) is 9.23. The molecule has 0 aliphatic carbocycles. The summed E-state index contributed by atoms with van der Waals surface area (Å²) in [6.45, 7) is 10.6. The summed E-state index contributed by atoms with van der Waals surface area (Å²) in [4.78, 5) is 24.9. The summed E-state index contributed by atoms with van der Waals surface area (Å²) in [7, 11) is -2.25. The maximum Gasteiger partial charge on any atom is 0.251 e. The van der Waals surface area contributed by atoms with E-state index in [1.807, 2.05) is 12.1 Å². The first-order chi connectivity index (χ1) is 15.9. The number of nitrogens with zero attached hydrogens (tertiary/aromatic N) is 1. The Morgan fingerprint density at radius 2 is 1.62 bits per heavy atom. The van der Waals surface area contributed by atoms with Crippen LogP contribution in [0, 0.1) is 0 Å². The molecule has 0 saturated carbocycles. The standard InChI is InChI=1S/C25H35N3O5S/c1-7-28(8-2)34(31,32)20-13-14-22(33-6)21(17-20)27-23(29)15-16-26-24(30)18-9-11-19(12-10-18)25(3,4)5/h9-14,17H,7-8,15-16H2,1-6H3,(H,26,30)(H,27,29). The molecule has 2 amide bonds. The Bertz CT molecular complexity index is 1100. The van der Waals surface area contributed by atoms with Gasteiger partial charge < -0.3 is 15.4 Å². The van der Waals surface area contributed by atoms with E-state index < -0.39 is 10.0 Å². The first-order valence-corrected chi connectivity index (χ1v) is 12.7. The van der Waals surface area contributed by atoms with Gasteiger partial charge >= 0.3 is 0 Å². The van der Waals surface area contributed by atoms with E-state index in [2.05, 4.69) is 31.4 Å². The summed E-state index contributed by atoms with van der Waals surface area (Å²) in [5.74, 6) is -0.299. The molecule has 186 valence electrons. The second-order valence-electron chi connectivity index (χ2n) is 8.83. The first-order valence-electron chi connectivity index (χ1n) is 11.3. The number of hydrogen-bond acceptors (Lipinski definition) is 5. The maximum absolute atomic E-state index is 12.8. The Hall–Kier alpha value is -2.91. The third-order valence-electron chi connectivity index (χ3n) is 5.44. The van der Waals surface area contributed by atoms with Crippen molar-refractivity contribution < 1.29 is 22.7 Å². The van der Waals surface area contributed by atoms with Crippen molar-refractivity contribution >= 4 is 27.5 Å². The predicted octanol–water partition coefficient (Wildman–Crippen LogP) is 3.78. The molecule has 0 aromatic heterocycles. The minimum absolute atomic E-state index is 0.00382. The van der Waals surface area contributed by atoms with Crippen molar-refractivity contribution in [1.82, 2.24) is 9.62 Å². The van der Waals surface area contributed by atoms with Crippen LogP contribution in [0.2, 0.25) is 0 Å². The highest BCUT2D eigenvalue weighted by Crippen LogP contribution is 2.29. The Balaban J connectivity index is 2.02. The number of hydrogen-bond donors (Lipinski definition) is 2. The summed E-state index contributed by atoms with van der Waals surface area (Å²) < 4.78 is 32.2. The van der Waals surface area contributed by atoms with E-state index >= 15 is 0 Å². The lowest BCUT2D eigenvalue weighted by Gasteiger charge is -2.19. The molecule has 9 heteroatoms. The normalized spacial score (nSPS) is 11.9. The first kappa shape index (κ1) is 27.3. The molecule has 34 heavy (non-hydrogen) atoms. The summed E-state index contributed by atoms with van der Waals surface area (Å²) in [6, 6.07) is 11.7. The Labute approximate surface area is 202 Å². The van der Waals surface area contributed by atoms with E-state index in [-0.39, 0.29) is 40.8 Å². The van der Waals surface area contributed by atoms with E-state index in [9.17, 15) is 18.0 Å². The van der Waals surface area contributed by atoms with Crippen molar-refractivity contribution in [3.63, 3.8) is 0 Å². The molecule has 0 aliphatic rings. The van der Waals surface area contributed by atoms with Crippen molar-refractivity contribution in [2.45, 2.75) is 51.3 Å². The van der Waals surface area contributed by atoms with Crippen LogP contribution in [-0.2, 0) is 20.2 Å².